The first-order valence-electron chi connectivity index (χ1n) is 7.31. The Kier molecular flexibility index (Phi) is 4.96. The largest absolute Gasteiger partial charge is 0.497 e. The number of methoxy groups -OCH3 is 2. The van der Waals surface area contributed by atoms with Crippen LogP contribution in [0.25, 0.3) is 10.8 Å². The monoisotopic (exact) mass is 340 g/mol. The van der Waals surface area contributed by atoms with Gasteiger partial charge in [0.15, 0.2) is 5.78 Å². The Bertz CT molecular complexity index is 878. The van der Waals surface area contributed by atoms with Crippen LogP contribution < -0.4 is 9.47 Å². The van der Waals surface area contributed by atoms with Crippen LogP contribution in [0.15, 0.2) is 53.7 Å². The van der Waals surface area contributed by atoms with E-state index in [1.165, 1.54) is 18.9 Å². The number of carbonyl (C=O) groups is 1. The van der Waals surface area contributed by atoms with Crippen molar-refractivity contribution in [1.82, 2.24) is 10.2 Å². The van der Waals surface area contributed by atoms with Crippen LogP contribution in [-0.4, -0.2) is 36.0 Å². The summed E-state index contributed by atoms with van der Waals surface area (Å²) in [6.45, 7) is 0. The van der Waals surface area contributed by atoms with Crippen LogP contribution in [0.3, 0.4) is 0 Å². The van der Waals surface area contributed by atoms with Gasteiger partial charge in [-0.25, -0.2) is 0 Å². The second-order valence-corrected chi connectivity index (χ2v) is 5.98. The van der Waals surface area contributed by atoms with Gasteiger partial charge < -0.3 is 9.47 Å². The highest BCUT2D eigenvalue weighted by Crippen LogP contribution is 2.29. The quantitative estimate of drug-likeness (QED) is 0.504. The van der Waals surface area contributed by atoms with Gasteiger partial charge in [-0.1, -0.05) is 36.0 Å². The Morgan fingerprint density at radius 3 is 2.75 bits per heavy atom. The Hall–Kier alpha value is -2.60. The van der Waals surface area contributed by atoms with Gasteiger partial charge in [0.1, 0.15) is 16.5 Å². The summed E-state index contributed by atoms with van der Waals surface area (Å²) in [5.74, 6) is 1.37. The fraction of sp³-hybridized carbons (Fsp3) is 0.167. The van der Waals surface area contributed by atoms with Gasteiger partial charge in [-0.2, -0.15) is 5.10 Å². The van der Waals surface area contributed by atoms with Crippen molar-refractivity contribution in [2.75, 3.05) is 20.0 Å². The Labute approximate surface area is 144 Å². The molecule has 0 aliphatic carbocycles. The number of rotatable bonds is 6. The highest BCUT2D eigenvalue weighted by atomic mass is 32.2. The van der Waals surface area contributed by atoms with E-state index in [1.54, 1.807) is 31.5 Å². The second-order valence-electron chi connectivity index (χ2n) is 5.02. The van der Waals surface area contributed by atoms with E-state index in [2.05, 4.69) is 10.2 Å². The zero-order valence-corrected chi connectivity index (χ0v) is 14.2. The maximum Gasteiger partial charge on any atom is 0.176 e. The lowest BCUT2D eigenvalue weighted by Gasteiger charge is -2.09. The summed E-state index contributed by atoms with van der Waals surface area (Å²) < 4.78 is 10.4. The Morgan fingerprint density at radius 1 is 1.12 bits per heavy atom. The van der Waals surface area contributed by atoms with Gasteiger partial charge in [-0.3, -0.25) is 4.79 Å². The molecule has 0 spiro atoms. The number of fused-ring (bicyclic) bond motifs is 1. The molecule has 6 heteroatoms. The minimum Gasteiger partial charge on any atom is -0.497 e. The fourth-order valence-corrected chi connectivity index (χ4v) is 3.22. The van der Waals surface area contributed by atoms with E-state index in [9.17, 15) is 4.79 Å². The van der Waals surface area contributed by atoms with Gasteiger partial charge in [-0.15, -0.1) is 5.10 Å². The molecule has 0 aliphatic rings. The molecule has 0 amide bonds. The van der Waals surface area contributed by atoms with E-state index >= 15 is 0 Å². The number of carbonyl (C=O) groups excluding carboxylic acids is 1. The molecule has 1 heterocycles. The van der Waals surface area contributed by atoms with Gasteiger partial charge in [0, 0.05) is 16.8 Å². The molecular formula is C18H16N2O3S. The van der Waals surface area contributed by atoms with E-state index in [-0.39, 0.29) is 11.5 Å². The lowest BCUT2D eigenvalue weighted by Crippen LogP contribution is -2.05. The van der Waals surface area contributed by atoms with Crippen molar-refractivity contribution >= 4 is 28.3 Å². The number of ether oxygens (including phenoxy) is 2. The third kappa shape index (κ3) is 3.33. The fourth-order valence-electron chi connectivity index (χ4n) is 2.35. The zero-order valence-electron chi connectivity index (χ0n) is 13.4. The molecule has 0 unspecified atom stereocenters. The average molecular weight is 340 g/mol. The first-order chi connectivity index (χ1) is 11.7. The Morgan fingerprint density at radius 2 is 1.96 bits per heavy atom. The number of aromatic nitrogens is 2. The van der Waals surface area contributed by atoms with Crippen molar-refractivity contribution in [3.8, 4) is 11.5 Å². The van der Waals surface area contributed by atoms with Crippen molar-refractivity contribution in [3.05, 3.63) is 54.2 Å². The molecule has 24 heavy (non-hydrogen) atoms. The normalized spacial score (nSPS) is 10.6. The molecule has 3 aromatic rings. The standard InChI is InChI=1S/C18H16N2O3S/c1-22-13-7-8-15(17(9-13)23-2)16(21)11-24-18-14-6-4-3-5-12(14)10-19-20-18/h3-10H,11H2,1-2H3. The third-order valence-electron chi connectivity index (χ3n) is 3.59. The minimum absolute atomic E-state index is 0.0331. The molecule has 122 valence electrons. The Balaban J connectivity index is 1.80. The average Bonchev–Trinajstić information content (AvgIpc) is 2.65. The first-order valence-corrected chi connectivity index (χ1v) is 8.30. The summed E-state index contributed by atoms with van der Waals surface area (Å²) in [6.07, 6.45) is 1.72. The summed E-state index contributed by atoms with van der Waals surface area (Å²) in [6, 6.07) is 13.0. The number of nitrogens with zero attached hydrogens (tertiary/aromatic N) is 2. The molecule has 0 atom stereocenters. The van der Waals surface area contributed by atoms with Crippen LogP contribution in [0.5, 0.6) is 11.5 Å². The zero-order chi connectivity index (χ0) is 16.9. The van der Waals surface area contributed by atoms with Gasteiger partial charge in [0.25, 0.3) is 0 Å². The molecule has 2 aromatic carbocycles. The number of Topliss-reactive ketones (excluding diaryl/α,β-unsaturated/α-hetero) is 1. The highest BCUT2D eigenvalue weighted by Gasteiger charge is 2.15. The maximum absolute atomic E-state index is 12.5. The lowest BCUT2D eigenvalue weighted by molar-refractivity contribution is 0.101. The van der Waals surface area contributed by atoms with Gasteiger partial charge in [0.05, 0.1) is 31.7 Å². The van der Waals surface area contributed by atoms with E-state index in [4.69, 9.17) is 9.47 Å². The van der Waals surface area contributed by atoms with E-state index in [0.717, 1.165) is 15.8 Å². The predicted molar refractivity (Wildman–Crippen MR) is 94.1 cm³/mol. The molecule has 0 bridgehead atoms. The van der Waals surface area contributed by atoms with Crippen molar-refractivity contribution in [1.29, 1.82) is 0 Å². The van der Waals surface area contributed by atoms with Crippen LogP contribution in [0.2, 0.25) is 0 Å². The van der Waals surface area contributed by atoms with E-state index in [0.29, 0.717) is 17.1 Å². The summed E-state index contributed by atoms with van der Waals surface area (Å²) in [5, 5.41) is 10.9. The van der Waals surface area contributed by atoms with Crippen LogP contribution >= 0.6 is 11.8 Å². The minimum atomic E-state index is -0.0331. The van der Waals surface area contributed by atoms with Crippen LogP contribution in [-0.2, 0) is 0 Å². The number of thioether (sulfide) groups is 1. The topological polar surface area (TPSA) is 61.3 Å². The molecule has 0 aliphatic heterocycles. The summed E-state index contributed by atoms with van der Waals surface area (Å²) >= 11 is 1.37. The lowest BCUT2D eigenvalue weighted by atomic mass is 10.1. The number of benzene rings is 2. The molecule has 5 nitrogen and oxygen atoms in total. The van der Waals surface area contributed by atoms with Gasteiger partial charge >= 0.3 is 0 Å². The highest BCUT2D eigenvalue weighted by molar-refractivity contribution is 8.00. The van der Waals surface area contributed by atoms with E-state index < -0.39 is 0 Å². The van der Waals surface area contributed by atoms with E-state index in [1.807, 2.05) is 24.3 Å². The van der Waals surface area contributed by atoms with Crippen LogP contribution in [0, 0.1) is 0 Å². The van der Waals surface area contributed by atoms with Crippen molar-refractivity contribution in [2.24, 2.45) is 0 Å². The predicted octanol–water partition coefficient (Wildman–Crippen LogP) is 3.62. The van der Waals surface area contributed by atoms with Gasteiger partial charge in [-0.05, 0) is 12.1 Å². The molecule has 0 saturated carbocycles. The van der Waals surface area contributed by atoms with Crippen molar-refractivity contribution in [3.63, 3.8) is 0 Å². The molecule has 3 rings (SSSR count). The molecular weight excluding hydrogens is 324 g/mol. The SMILES string of the molecule is COc1ccc(C(=O)CSc2nncc3ccccc23)c(OC)c1. The summed E-state index contributed by atoms with van der Waals surface area (Å²) in [5.41, 5.74) is 0.527. The number of hydrogen-bond donors (Lipinski definition) is 0. The second kappa shape index (κ2) is 7.31. The molecule has 0 fully saturated rings. The van der Waals surface area contributed by atoms with Gasteiger partial charge in [0.2, 0.25) is 0 Å². The summed E-state index contributed by atoms with van der Waals surface area (Å²) in [4.78, 5) is 12.5. The third-order valence-corrected chi connectivity index (χ3v) is 4.57. The molecule has 1 aromatic heterocycles. The smallest absolute Gasteiger partial charge is 0.176 e. The first kappa shape index (κ1) is 16.3. The molecule has 0 N–H and O–H groups in total. The molecule has 0 radical (unpaired) electrons. The van der Waals surface area contributed by atoms with Crippen molar-refractivity contribution < 1.29 is 14.3 Å². The maximum atomic E-state index is 12.5. The summed E-state index contributed by atoms with van der Waals surface area (Å²) in [7, 11) is 3.11. The van der Waals surface area contributed by atoms with Crippen LogP contribution in [0.1, 0.15) is 10.4 Å². The van der Waals surface area contributed by atoms with Crippen LogP contribution in [0.4, 0.5) is 0 Å². The number of ketones is 1. The molecule has 0 saturated heterocycles. The number of hydrogen-bond acceptors (Lipinski definition) is 6. The van der Waals surface area contributed by atoms with Crippen molar-refractivity contribution in [2.45, 2.75) is 5.03 Å².